The maximum atomic E-state index is 8.71. The lowest BCUT2D eigenvalue weighted by atomic mass is 10.1. The molecule has 0 aliphatic heterocycles. The molecule has 2 heteroatoms. The van der Waals surface area contributed by atoms with E-state index >= 15 is 0 Å². The topological polar surface area (TPSA) is 20.2 Å². The summed E-state index contributed by atoms with van der Waals surface area (Å²) in [6.45, 7) is 9.00. The summed E-state index contributed by atoms with van der Waals surface area (Å²) >= 11 is 0. The van der Waals surface area contributed by atoms with Crippen molar-refractivity contribution in [3.05, 3.63) is 24.4 Å². The monoisotopic (exact) mass is 268 g/mol. The van der Waals surface area contributed by atoms with E-state index in [9.17, 15) is 0 Å². The highest BCUT2D eigenvalue weighted by Crippen LogP contribution is 2.17. The summed E-state index contributed by atoms with van der Waals surface area (Å²) in [5, 5.41) is 8.71. The van der Waals surface area contributed by atoms with E-state index in [0.29, 0.717) is 6.61 Å². The number of allylic oxidation sites excluding steroid dienone is 2. The van der Waals surface area contributed by atoms with Gasteiger partial charge < -0.3 is 5.11 Å². The first kappa shape index (κ1) is 17.7. The Bertz CT molecular complexity index is 221. The molecule has 0 aliphatic rings. The third kappa shape index (κ3) is 12.1. The van der Waals surface area contributed by atoms with Gasteiger partial charge in [0, 0.05) is 6.61 Å². The largest absolute Gasteiger partial charge is 0.396 e. The molecular formula is C16H32OSi. The number of aliphatic hydroxyl groups is 1. The Balaban J connectivity index is 3.56. The smallest absolute Gasteiger partial charge is 0.0713 e. The number of aliphatic hydroxyl groups excluding tert-OH is 1. The molecule has 0 aromatic carbocycles. The van der Waals surface area contributed by atoms with Gasteiger partial charge in [-0.25, -0.2) is 0 Å². The molecule has 0 aliphatic carbocycles. The summed E-state index contributed by atoms with van der Waals surface area (Å²) in [6, 6.07) is 1.41. The van der Waals surface area contributed by atoms with Crippen molar-refractivity contribution < 1.29 is 5.11 Å². The number of unbranched alkanes of at least 4 members (excludes halogenated alkanes) is 6. The third-order valence-electron chi connectivity index (χ3n) is 3.33. The van der Waals surface area contributed by atoms with Crippen LogP contribution in [0.1, 0.15) is 51.4 Å². The first-order valence-electron chi connectivity index (χ1n) is 7.52. The van der Waals surface area contributed by atoms with Gasteiger partial charge >= 0.3 is 0 Å². The van der Waals surface area contributed by atoms with Crippen molar-refractivity contribution in [2.24, 2.45) is 0 Å². The lowest BCUT2D eigenvalue weighted by Gasteiger charge is -2.17. The quantitative estimate of drug-likeness (QED) is 0.297. The molecule has 0 saturated heterocycles. The van der Waals surface area contributed by atoms with Gasteiger partial charge in [0.25, 0.3) is 0 Å². The highest BCUT2D eigenvalue weighted by Gasteiger charge is 2.15. The van der Waals surface area contributed by atoms with Gasteiger partial charge in [-0.15, -0.1) is 6.58 Å². The van der Waals surface area contributed by atoms with Crippen molar-refractivity contribution in [3.63, 3.8) is 0 Å². The van der Waals surface area contributed by atoms with E-state index in [2.05, 4.69) is 31.4 Å². The molecule has 0 radical (unpaired) electrons. The zero-order valence-corrected chi connectivity index (χ0v) is 13.5. The fourth-order valence-electron chi connectivity index (χ4n) is 2.08. The van der Waals surface area contributed by atoms with Gasteiger partial charge in [0.05, 0.1) is 8.07 Å². The summed E-state index contributed by atoms with van der Waals surface area (Å²) in [7, 11) is -1.10. The summed E-state index contributed by atoms with van der Waals surface area (Å²) in [5.41, 5.74) is 2.49. The standard InChI is InChI=1S/C16H32OSi/c1-4-5-6-7-9-12-15-18(2,3)16-13-10-8-11-14-17/h4,13,16-17H,1,5-12,14-15H2,2-3H3. The second-order valence-corrected chi connectivity index (χ2v) is 10.7. The molecule has 1 N–H and O–H groups in total. The molecule has 0 unspecified atom stereocenters. The van der Waals surface area contributed by atoms with Crippen molar-refractivity contribution in [2.75, 3.05) is 6.61 Å². The average Bonchev–Trinajstić information content (AvgIpc) is 2.33. The highest BCUT2D eigenvalue weighted by molar-refractivity contribution is 6.82. The molecule has 0 saturated carbocycles. The van der Waals surface area contributed by atoms with Crippen LogP contribution >= 0.6 is 0 Å². The van der Waals surface area contributed by atoms with Crippen LogP contribution in [0, 0.1) is 0 Å². The highest BCUT2D eigenvalue weighted by atomic mass is 28.3. The van der Waals surface area contributed by atoms with Crippen LogP contribution in [-0.4, -0.2) is 19.8 Å². The Labute approximate surface area is 115 Å². The normalized spacial score (nSPS) is 12.2. The Morgan fingerprint density at radius 2 is 1.61 bits per heavy atom. The van der Waals surface area contributed by atoms with Gasteiger partial charge in [-0.3, -0.25) is 0 Å². The Kier molecular flexibility index (Phi) is 11.5. The molecule has 0 atom stereocenters. The van der Waals surface area contributed by atoms with Gasteiger partial charge in [-0.05, 0) is 32.1 Å². The van der Waals surface area contributed by atoms with Crippen molar-refractivity contribution in [3.8, 4) is 0 Å². The summed E-state index contributed by atoms with van der Waals surface area (Å²) in [5.74, 6) is 0. The maximum Gasteiger partial charge on any atom is 0.0713 e. The van der Waals surface area contributed by atoms with Crippen LogP contribution in [0.5, 0.6) is 0 Å². The van der Waals surface area contributed by atoms with Crippen molar-refractivity contribution in [1.82, 2.24) is 0 Å². The molecule has 0 rings (SSSR count). The zero-order valence-electron chi connectivity index (χ0n) is 12.5. The third-order valence-corrected chi connectivity index (χ3v) is 6.11. The van der Waals surface area contributed by atoms with Gasteiger partial charge in [-0.2, -0.15) is 0 Å². The lowest BCUT2D eigenvalue weighted by Crippen LogP contribution is -2.21. The predicted molar refractivity (Wildman–Crippen MR) is 85.6 cm³/mol. The van der Waals surface area contributed by atoms with Crippen LogP contribution < -0.4 is 0 Å². The zero-order chi connectivity index (χ0) is 13.7. The summed E-state index contributed by atoms with van der Waals surface area (Å²) in [6.07, 6.45) is 14.2. The van der Waals surface area contributed by atoms with Gasteiger partial charge in [0.2, 0.25) is 0 Å². The van der Waals surface area contributed by atoms with E-state index in [4.69, 9.17) is 5.11 Å². The molecule has 0 heterocycles. The van der Waals surface area contributed by atoms with Crippen molar-refractivity contribution >= 4 is 8.07 Å². The molecule has 0 amide bonds. The van der Waals surface area contributed by atoms with E-state index in [1.165, 1.54) is 38.1 Å². The Morgan fingerprint density at radius 3 is 2.28 bits per heavy atom. The fourth-order valence-corrected chi connectivity index (χ4v) is 4.22. The average molecular weight is 269 g/mol. The fraction of sp³-hybridized carbons (Fsp3) is 0.750. The van der Waals surface area contributed by atoms with Crippen LogP contribution in [0.4, 0.5) is 0 Å². The molecular weight excluding hydrogens is 236 g/mol. The van der Waals surface area contributed by atoms with E-state index < -0.39 is 8.07 Å². The Morgan fingerprint density at radius 1 is 0.944 bits per heavy atom. The molecule has 0 aromatic heterocycles. The maximum absolute atomic E-state index is 8.71. The van der Waals surface area contributed by atoms with Crippen LogP contribution in [0.2, 0.25) is 19.1 Å². The number of hydrogen-bond donors (Lipinski definition) is 1. The first-order valence-corrected chi connectivity index (χ1v) is 10.8. The van der Waals surface area contributed by atoms with Gasteiger partial charge in [0.15, 0.2) is 0 Å². The molecule has 0 spiro atoms. The predicted octanol–water partition coefficient (Wildman–Crippen LogP) is 5.09. The SMILES string of the molecule is C=CCCCCCC[Si](C)(C)C=CCCCCO. The van der Waals surface area contributed by atoms with Gasteiger partial charge in [0.1, 0.15) is 0 Å². The van der Waals surface area contributed by atoms with Crippen LogP contribution in [0.3, 0.4) is 0 Å². The molecule has 1 nitrogen and oxygen atoms in total. The molecule has 18 heavy (non-hydrogen) atoms. The minimum atomic E-state index is -1.10. The molecule has 106 valence electrons. The first-order chi connectivity index (χ1) is 8.62. The van der Waals surface area contributed by atoms with E-state index in [1.807, 2.05) is 6.08 Å². The van der Waals surface area contributed by atoms with Crippen molar-refractivity contribution in [1.29, 1.82) is 0 Å². The second-order valence-electron chi connectivity index (χ2n) is 5.85. The molecule has 0 bridgehead atoms. The minimum absolute atomic E-state index is 0.333. The second kappa shape index (κ2) is 11.7. The molecule has 0 fully saturated rings. The van der Waals surface area contributed by atoms with E-state index in [-0.39, 0.29) is 0 Å². The van der Waals surface area contributed by atoms with Gasteiger partial charge in [-0.1, -0.05) is 56.3 Å². The molecule has 0 aromatic rings. The van der Waals surface area contributed by atoms with E-state index in [0.717, 1.165) is 19.3 Å². The summed E-state index contributed by atoms with van der Waals surface area (Å²) in [4.78, 5) is 0. The number of rotatable bonds is 12. The number of hydrogen-bond acceptors (Lipinski definition) is 1. The van der Waals surface area contributed by atoms with Crippen molar-refractivity contribution in [2.45, 2.75) is 70.5 Å². The Hall–Kier alpha value is -0.343. The summed E-state index contributed by atoms with van der Waals surface area (Å²) < 4.78 is 0. The van der Waals surface area contributed by atoms with Crippen LogP contribution in [0.25, 0.3) is 0 Å². The lowest BCUT2D eigenvalue weighted by molar-refractivity contribution is 0.285. The van der Waals surface area contributed by atoms with Crippen LogP contribution in [0.15, 0.2) is 24.4 Å². The van der Waals surface area contributed by atoms with Crippen LogP contribution in [-0.2, 0) is 0 Å². The van der Waals surface area contributed by atoms with E-state index in [1.54, 1.807) is 0 Å². The minimum Gasteiger partial charge on any atom is -0.396 e.